The third-order valence-corrected chi connectivity index (χ3v) is 4.52. The lowest BCUT2D eigenvalue weighted by molar-refractivity contribution is 0.0457. The molecule has 1 aromatic heterocycles. The van der Waals surface area contributed by atoms with Gasteiger partial charge in [-0.05, 0) is 36.6 Å². The minimum atomic E-state index is -0.554. The molecule has 0 bridgehead atoms. The van der Waals surface area contributed by atoms with Gasteiger partial charge in [-0.2, -0.15) is 0 Å². The van der Waals surface area contributed by atoms with Gasteiger partial charge < -0.3 is 20.4 Å². The molecule has 1 aliphatic rings. The molecule has 3 N–H and O–H groups in total. The number of anilines is 1. The first kappa shape index (κ1) is 17.2. The summed E-state index contributed by atoms with van der Waals surface area (Å²) in [6.45, 7) is 0.596. The lowest BCUT2D eigenvalue weighted by Crippen LogP contribution is -2.15. The van der Waals surface area contributed by atoms with Crippen LogP contribution in [-0.4, -0.2) is 22.5 Å². The van der Waals surface area contributed by atoms with Crippen molar-refractivity contribution in [3.8, 4) is 0 Å². The quantitative estimate of drug-likeness (QED) is 0.847. The van der Waals surface area contributed by atoms with E-state index in [4.69, 9.17) is 10.5 Å². The van der Waals surface area contributed by atoms with E-state index in [2.05, 4.69) is 5.32 Å². The normalized spacial score (nSPS) is 14.6. The zero-order valence-corrected chi connectivity index (χ0v) is 14.3. The summed E-state index contributed by atoms with van der Waals surface area (Å²) in [5.41, 5.74) is 7.71. The fourth-order valence-electron chi connectivity index (χ4n) is 3.07. The number of carbonyl (C=O) groups is 2. The molecular formula is C19H23N3O3. The highest BCUT2D eigenvalue weighted by Gasteiger charge is 2.16. The van der Waals surface area contributed by atoms with E-state index in [1.54, 1.807) is 17.8 Å². The van der Waals surface area contributed by atoms with E-state index in [0.29, 0.717) is 29.7 Å². The maximum atomic E-state index is 12.3. The van der Waals surface area contributed by atoms with Crippen LogP contribution in [0.2, 0.25) is 0 Å². The number of aromatic nitrogens is 1. The van der Waals surface area contributed by atoms with Gasteiger partial charge in [-0.25, -0.2) is 0 Å². The van der Waals surface area contributed by atoms with Crippen molar-refractivity contribution in [2.24, 2.45) is 12.8 Å². The zero-order valence-electron chi connectivity index (χ0n) is 14.3. The highest BCUT2D eigenvalue weighted by atomic mass is 16.5. The number of ether oxygens (including phenoxy) is 1. The minimum Gasteiger partial charge on any atom is -0.374 e. The molecule has 0 spiro atoms. The number of rotatable bonds is 6. The molecule has 0 saturated heterocycles. The Labute approximate surface area is 147 Å². The molecule has 6 nitrogen and oxygen atoms in total. The molecule has 0 radical (unpaired) electrons. The largest absolute Gasteiger partial charge is 0.374 e. The van der Waals surface area contributed by atoms with Gasteiger partial charge in [0.2, 0.25) is 5.91 Å². The maximum absolute atomic E-state index is 12.3. The highest BCUT2D eigenvalue weighted by molar-refractivity contribution is 6.05. The molecule has 1 heterocycles. The molecule has 2 aromatic rings. The van der Waals surface area contributed by atoms with Gasteiger partial charge in [0.15, 0.2) is 0 Å². The molecule has 0 unspecified atom stereocenters. The number of hydrogen-bond acceptors (Lipinski definition) is 3. The molecule has 3 rings (SSSR count). The van der Waals surface area contributed by atoms with Crippen LogP contribution in [0.5, 0.6) is 0 Å². The van der Waals surface area contributed by atoms with E-state index < -0.39 is 5.91 Å². The van der Waals surface area contributed by atoms with Gasteiger partial charge in [0.25, 0.3) is 5.91 Å². The van der Waals surface area contributed by atoms with Gasteiger partial charge in [0.1, 0.15) is 5.69 Å². The van der Waals surface area contributed by atoms with Gasteiger partial charge in [0, 0.05) is 18.9 Å². The molecule has 2 amide bonds. The lowest BCUT2D eigenvalue weighted by atomic mass is 10.2. The Morgan fingerprint density at radius 3 is 2.52 bits per heavy atom. The SMILES string of the molecule is Cn1cc(C(N)=O)cc1C(=O)Nc1ccc(COC2CCCC2)cc1. The van der Waals surface area contributed by atoms with E-state index in [1.807, 2.05) is 24.3 Å². The molecule has 6 heteroatoms. The number of primary amides is 1. The van der Waals surface area contributed by atoms with Crippen molar-refractivity contribution >= 4 is 17.5 Å². The fraction of sp³-hybridized carbons (Fsp3) is 0.368. The lowest BCUT2D eigenvalue weighted by Gasteiger charge is -2.11. The van der Waals surface area contributed by atoms with Crippen LogP contribution in [0, 0.1) is 0 Å². The standard InChI is InChI=1S/C19H23N3O3/c1-22-11-14(18(20)23)10-17(22)19(24)21-15-8-6-13(7-9-15)12-25-16-4-2-3-5-16/h6-11,16H,2-5,12H2,1H3,(H2,20,23)(H,21,24). The Morgan fingerprint density at radius 2 is 1.92 bits per heavy atom. The summed E-state index contributed by atoms with van der Waals surface area (Å²) >= 11 is 0. The predicted octanol–water partition coefficient (Wildman–Crippen LogP) is 2.84. The monoisotopic (exact) mass is 341 g/mol. The topological polar surface area (TPSA) is 86.4 Å². The second-order valence-corrected chi connectivity index (χ2v) is 6.46. The first-order chi connectivity index (χ1) is 12.0. The van der Waals surface area contributed by atoms with Crippen molar-refractivity contribution in [2.45, 2.75) is 38.4 Å². The summed E-state index contributed by atoms with van der Waals surface area (Å²) in [7, 11) is 1.70. The summed E-state index contributed by atoms with van der Waals surface area (Å²) in [6.07, 6.45) is 6.74. The highest BCUT2D eigenvalue weighted by Crippen LogP contribution is 2.22. The van der Waals surface area contributed by atoms with Gasteiger partial charge >= 0.3 is 0 Å². The number of nitrogens with two attached hydrogens (primary N) is 1. The number of nitrogens with one attached hydrogen (secondary N) is 1. The molecule has 0 atom stereocenters. The Hall–Kier alpha value is -2.60. The van der Waals surface area contributed by atoms with Crippen molar-refractivity contribution in [1.29, 1.82) is 0 Å². The van der Waals surface area contributed by atoms with Crippen LogP contribution in [0.3, 0.4) is 0 Å². The van der Waals surface area contributed by atoms with Crippen LogP contribution in [0.4, 0.5) is 5.69 Å². The zero-order chi connectivity index (χ0) is 17.8. The Morgan fingerprint density at radius 1 is 1.24 bits per heavy atom. The van der Waals surface area contributed by atoms with E-state index >= 15 is 0 Å². The van der Waals surface area contributed by atoms with Crippen molar-refractivity contribution in [1.82, 2.24) is 4.57 Å². The molecule has 1 aromatic carbocycles. The molecular weight excluding hydrogens is 318 g/mol. The van der Waals surface area contributed by atoms with E-state index in [0.717, 1.165) is 18.4 Å². The average molecular weight is 341 g/mol. The second kappa shape index (κ2) is 7.53. The summed E-state index contributed by atoms with van der Waals surface area (Å²) < 4.78 is 7.47. The van der Waals surface area contributed by atoms with Crippen molar-refractivity contribution in [3.05, 3.63) is 53.3 Å². The fourth-order valence-corrected chi connectivity index (χ4v) is 3.07. The number of amides is 2. The third-order valence-electron chi connectivity index (χ3n) is 4.52. The molecule has 1 saturated carbocycles. The number of carbonyl (C=O) groups excluding carboxylic acids is 2. The Balaban J connectivity index is 1.59. The first-order valence-corrected chi connectivity index (χ1v) is 8.51. The van der Waals surface area contributed by atoms with Gasteiger partial charge in [-0.3, -0.25) is 9.59 Å². The van der Waals surface area contributed by atoms with E-state index in [-0.39, 0.29) is 5.91 Å². The number of aryl methyl sites for hydroxylation is 1. The van der Waals surface area contributed by atoms with Gasteiger partial charge in [0.05, 0.1) is 18.3 Å². The molecule has 132 valence electrons. The average Bonchev–Trinajstić information content (AvgIpc) is 3.23. The molecule has 1 fully saturated rings. The van der Waals surface area contributed by atoms with Crippen molar-refractivity contribution in [3.63, 3.8) is 0 Å². The summed E-state index contributed by atoms with van der Waals surface area (Å²) in [5.74, 6) is -0.841. The Bertz CT molecular complexity index is 759. The van der Waals surface area contributed by atoms with Crippen LogP contribution in [0.15, 0.2) is 36.5 Å². The van der Waals surface area contributed by atoms with Crippen LogP contribution in [0.25, 0.3) is 0 Å². The van der Waals surface area contributed by atoms with Crippen LogP contribution >= 0.6 is 0 Å². The van der Waals surface area contributed by atoms with Gasteiger partial charge in [-0.15, -0.1) is 0 Å². The van der Waals surface area contributed by atoms with Crippen LogP contribution < -0.4 is 11.1 Å². The minimum absolute atomic E-state index is 0.287. The van der Waals surface area contributed by atoms with Crippen molar-refractivity contribution < 1.29 is 14.3 Å². The molecule has 1 aliphatic carbocycles. The van der Waals surface area contributed by atoms with Crippen molar-refractivity contribution in [2.75, 3.05) is 5.32 Å². The molecule has 0 aliphatic heterocycles. The summed E-state index contributed by atoms with van der Waals surface area (Å²) in [5, 5.41) is 2.82. The first-order valence-electron chi connectivity index (χ1n) is 8.51. The van der Waals surface area contributed by atoms with E-state index in [1.165, 1.54) is 18.9 Å². The maximum Gasteiger partial charge on any atom is 0.272 e. The predicted molar refractivity (Wildman–Crippen MR) is 95.4 cm³/mol. The third kappa shape index (κ3) is 4.28. The Kier molecular flexibility index (Phi) is 5.19. The molecule has 25 heavy (non-hydrogen) atoms. The van der Waals surface area contributed by atoms with E-state index in [9.17, 15) is 9.59 Å². The number of benzene rings is 1. The number of hydrogen-bond donors (Lipinski definition) is 2. The second-order valence-electron chi connectivity index (χ2n) is 6.46. The van der Waals surface area contributed by atoms with Gasteiger partial charge in [-0.1, -0.05) is 25.0 Å². The smallest absolute Gasteiger partial charge is 0.272 e. The van der Waals surface area contributed by atoms with Crippen LogP contribution in [0.1, 0.15) is 52.1 Å². The summed E-state index contributed by atoms with van der Waals surface area (Å²) in [6, 6.07) is 9.09. The van der Waals surface area contributed by atoms with Crippen LogP contribution in [-0.2, 0) is 18.4 Å². The number of nitrogens with zero attached hydrogens (tertiary/aromatic N) is 1. The summed E-state index contributed by atoms with van der Waals surface area (Å²) in [4.78, 5) is 23.6.